The van der Waals surface area contributed by atoms with Crippen molar-refractivity contribution in [1.29, 1.82) is 0 Å². The first kappa shape index (κ1) is 31.7. The first-order valence-corrected chi connectivity index (χ1v) is 13.4. The number of ether oxygens (including phenoxy) is 1. The molecule has 10 nitrogen and oxygen atoms in total. The predicted octanol–water partition coefficient (Wildman–Crippen LogP) is 3.26. The van der Waals surface area contributed by atoms with E-state index >= 15 is 0 Å². The van der Waals surface area contributed by atoms with Crippen LogP contribution in [0.2, 0.25) is 0 Å². The summed E-state index contributed by atoms with van der Waals surface area (Å²) in [6.45, 7) is -0.196. The summed E-state index contributed by atoms with van der Waals surface area (Å²) in [6, 6.07) is 5.09. The molecule has 4 aromatic rings. The molecule has 4 rings (SSSR count). The van der Waals surface area contributed by atoms with Gasteiger partial charge in [-0.05, 0) is 31.2 Å². The third kappa shape index (κ3) is 6.72. The van der Waals surface area contributed by atoms with E-state index in [2.05, 4.69) is 31.6 Å². The molecule has 0 bridgehead atoms. The highest BCUT2D eigenvalue weighted by molar-refractivity contribution is 7.89. The van der Waals surface area contributed by atoms with Crippen molar-refractivity contribution in [2.24, 2.45) is 0 Å². The summed E-state index contributed by atoms with van der Waals surface area (Å²) in [6.07, 6.45) is -7.67. The topological polar surface area (TPSA) is 139 Å². The van der Waals surface area contributed by atoms with E-state index in [-0.39, 0.29) is 33.9 Å². The lowest BCUT2D eigenvalue weighted by Crippen LogP contribution is -2.51. The summed E-state index contributed by atoms with van der Waals surface area (Å²) in [7, 11) is -3.13. The number of alkyl halides is 6. The van der Waals surface area contributed by atoms with E-state index in [1.165, 1.54) is 14.0 Å². The van der Waals surface area contributed by atoms with Crippen molar-refractivity contribution in [1.82, 2.24) is 24.3 Å². The Kier molecular flexibility index (Phi) is 8.44. The molecule has 0 saturated heterocycles. The number of benzene rings is 1. The number of hydrogen-bond donors (Lipinski definition) is 3. The number of halogens is 6. The van der Waals surface area contributed by atoms with Crippen molar-refractivity contribution in [3.05, 3.63) is 71.2 Å². The summed E-state index contributed by atoms with van der Waals surface area (Å²) < 4.78 is 114. The molecular formula is C26H21F6N5O5S. The van der Waals surface area contributed by atoms with Crippen LogP contribution in [0.5, 0.6) is 5.88 Å². The van der Waals surface area contributed by atoms with Gasteiger partial charge in [-0.25, -0.2) is 27.6 Å². The molecule has 0 fully saturated rings. The molecule has 3 aromatic heterocycles. The van der Waals surface area contributed by atoms with Crippen molar-refractivity contribution in [2.75, 3.05) is 20.3 Å². The van der Waals surface area contributed by atoms with Crippen molar-refractivity contribution in [2.45, 2.75) is 29.7 Å². The van der Waals surface area contributed by atoms with Gasteiger partial charge in [0, 0.05) is 5.56 Å². The van der Waals surface area contributed by atoms with E-state index in [0.717, 1.165) is 30.6 Å². The average Bonchev–Trinajstić information content (AvgIpc) is 3.37. The van der Waals surface area contributed by atoms with Crippen LogP contribution in [-0.4, -0.2) is 64.1 Å². The Morgan fingerprint density at radius 1 is 0.953 bits per heavy atom. The van der Waals surface area contributed by atoms with E-state index in [0.29, 0.717) is 22.7 Å². The molecule has 0 spiro atoms. The molecule has 0 unspecified atom stereocenters. The predicted molar refractivity (Wildman–Crippen MR) is 138 cm³/mol. The Bertz CT molecular complexity index is 1820. The lowest BCUT2D eigenvalue weighted by molar-refractivity contribution is -0.142. The quantitative estimate of drug-likeness (QED) is 0.209. The molecular weight excluding hydrogens is 608 g/mol. The van der Waals surface area contributed by atoms with Gasteiger partial charge < -0.3 is 14.9 Å². The van der Waals surface area contributed by atoms with Crippen molar-refractivity contribution >= 4 is 15.7 Å². The number of sulfonamides is 1. The van der Waals surface area contributed by atoms with Gasteiger partial charge >= 0.3 is 12.4 Å². The molecule has 0 atom stereocenters. The monoisotopic (exact) mass is 629 g/mol. The maximum Gasteiger partial charge on any atom is 0.433 e. The van der Waals surface area contributed by atoms with Gasteiger partial charge in [0.05, 0.1) is 60.6 Å². The zero-order valence-electron chi connectivity index (χ0n) is 22.1. The Morgan fingerprint density at radius 2 is 1.58 bits per heavy atom. The highest BCUT2D eigenvalue weighted by Crippen LogP contribution is 2.34. The zero-order valence-corrected chi connectivity index (χ0v) is 22.9. The number of nitrogens with one attached hydrogen (secondary N) is 1. The molecule has 0 aliphatic rings. The highest BCUT2D eigenvalue weighted by atomic mass is 32.2. The van der Waals surface area contributed by atoms with Crippen LogP contribution in [0.15, 0.2) is 53.7 Å². The molecule has 17 heteroatoms. The molecule has 0 aliphatic carbocycles. The van der Waals surface area contributed by atoms with Gasteiger partial charge in [0.25, 0.3) is 0 Å². The number of nitrogens with zero attached hydrogens (tertiary/aromatic N) is 4. The Labute approximate surface area is 240 Å². The molecule has 3 N–H and O–H groups in total. The van der Waals surface area contributed by atoms with Gasteiger partial charge in [-0.1, -0.05) is 24.0 Å². The second-order valence-electron chi connectivity index (χ2n) is 9.35. The third-order valence-corrected chi connectivity index (χ3v) is 7.62. The molecule has 3 heterocycles. The summed E-state index contributed by atoms with van der Waals surface area (Å²) in [5.41, 5.74) is -4.82. The maximum atomic E-state index is 13.9. The fourth-order valence-electron chi connectivity index (χ4n) is 3.70. The van der Waals surface area contributed by atoms with E-state index in [4.69, 9.17) is 4.74 Å². The number of aromatic nitrogens is 4. The van der Waals surface area contributed by atoms with E-state index in [1.807, 2.05) is 0 Å². The van der Waals surface area contributed by atoms with Gasteiger partial charge in [0.15, 0.2) is 11.3 Å². The standard InChI is InChI=1S/C26H21F6N5O5S/c1-24(13-38,14-39)36-43(40,41)19-9-16(23(42-2)33-12-19)3-4-17-11-34-37-21(26(30,31)32)10-20(35-22(17)37)15-5-7-18(8-6-15)25(27,28)29/h5-12,36,38-39H,13-14H2,1-2H3. The zero-order chi connectivity index (χ0) is 31.8. The third-order valence-electron chi connectivity index (χ3n) is 6.01. The largest absolute Gasteiger partial charge is 0.480 e. The van der Waals surface area contributed by atoms with Gasteiger partial charge in [0.1, 0.15) is 4.90 Å². The molecule has 0 radical (unpaired) electrons. The second kappa shape index (κ2) is 11.4. The van der Waals surface area contributed by atoms with Crippen LogP contribution in [0.4, 0.5) is 26.3 Å². The van der Waals surface area contributed by atoms with Crippen LogP contribution in [0.3, 0.4) is 0 Å². The van der Waals surface area contributed by atoms with Crippen LogP contribution in [0, 0.1) is 11.8 Å². The molecule has 1 aromatic carbocycles. The van der Waals surface area contributed by atoms with Gasteiger partial charge in [-0.3, -0.25) is 0 Å². The normalized spacial score (nSPS) is 12.7. The molecule has 0 aliphatic heterocycles. The number of methoxy groups -OCH3 is 1. The summed E-state index contributed by atoms with van der Waals surface area (Å²) in [5, 5.41) is 22.6. The molecule has 228 valence electrons. The minimum atomic E-state index is -4.93. The summed E-state index contributed by atoms with van der Waals surface area (Å²) in [5.74, 6) is 5.01. The molecule has 0 amide bonds. The smallest absolute Gasteiger partial charge is 0.433 e. The van der Waals surface area contributed by atoms with Crippen molar-refractivity contribution < 1.29 is 49.7 Å². The number of rotatable bonds is 7. The molecule has 43 heavy (non-hydrogen) atoms. The lowest BCUT2D eigenvalue weighted by Gasteiger charge is -2.25. The van der Waals surface area contributed by atoms with Gasteiger partial charge in [0.2, 0.25) is 15.9 Å². The Balaban J connectivity index is 1.82. The number of aliphatic hydroxyl groups excluding tert-OH is 2. The van der Waals surface area contributed by atoms with Crippen molar-refractivity contribution in [3.63, 3.8) is 0 Å². The summed E-state index contributed by atoms with van der Waals surface area (Å²) >= 11 is 0. The first-order chi connectivity index (χ1) is 20.0. The minimum absolute atomic E-state index is 0.0323. The van der Waals surface area contributed by atoms with E-state index < -0.39 is 57.3 Å². The van der Waals surface area contributed by atoms with Crippen LogP contribution in [-0.2, 0) is 22.4 Å². The summed E-state index contributed by atoms with van der Waals surface area (Å²) in [4.78, 5) is 7.63. The fraction of sp³-hybridized carbons (Fsp3) is 0.269. The van der Waals surface area contributed by atoms with Crippen molar-refractivity contribution in [3.8, 4) is 29.0 Å². The van der Waals surface area contributed by atoms with E-state index in [1.54, 1.807) is 0 Å². The number of aliphatic hydroxyl groups is 2. The first-order valence-electron chi connectivity index (χ1n) is 12.0. The lowest BCUT2D eigenvalue weighted by atomic mass is 10.1. The number of pyridine rings is 1. The average molecular weight is 630 g/mol. The fourth-order valence-corrected chi connectivity index (χ4v) is 5.06. The van der Waals surface area contributed by atoms with Gasteiger partial charge in [-0.15, -0.1) is 0 Å². The van der Waals surface area contributed by atoms with E-state index in [9.17, 15) is 45.0 Å². The number of fused-ring (bicyclic) bond motifs is 1. The SMILES string of the molecule is COc1ncc(S(=O)(=O)NC(C)(CO)CO)cc1C#Cc1cnn2c(C(F)(F)F)cc(-c3ccc(C(F)(F)F)cc3)nc12. The maximum absolute atomic E-state index is 13.9. The minimum Gasteiger partial charge on any atom is -0.480 e. The number of hydrogen-bond acceptors (Lipinski definition) is 8. The highest BCUT2D eigenvalue weighted by Gasteiger charge is 2.36. The second-order valence-corrected chi connectivity index (χ2v) is 11.0. The Hall–Kier alpha value is -4.24. The van der Waals surface area contributed by atoms with Crippen LogP contribution in [0.1, 0.15) is 29.3 Å². The van der Waals surface area contributed by atoms with Crippen LogP contribution in [0.25, 0.3) is 16.9 Å². The van der Waals surface area contributed by atoms with Crippen LogP contribution >= 0.6 is 0 Å². The van der Waals surface area contributed by atoms with Crippen LogP contribution < -0.4 is 9.46 Å². The van der Waals surface area contributed by atoms with Gasteiger partial charge in [-0.2, -0.15) is 31.4 Å². The molecule has 0 saturated carbocycles. The Morgan fingerprint density at radius 3 is 2.14 bits per heavy atom.